The number of hydrogen-bond acceptors (Lipinski definition) is 3. The van der Waals surface area contributed by atoms with Gasteiger partial charge in [0.25, 0.3) is 0 Å². The molecular weight excluding hydrogens is 212 g/mol. The van der Waals surface area contributed by atoms with E-state index in [0.29, 0.717) is 5.88 Å². The van der Waals surface area contributed by atoms with Crippen molar-refractivity contribution in [2.45, 2.75) is 13.5 Å². The minimum atomic E-state index is 0.631. The van der Waals surface area contributed by atoms with Crippen molar-refractivity contribution >= 4 is 0 Å². The number of ether oxygens (including phenoxy) is 1. The smallest absolute Gasteiger partial charge is 0.219 e. The van der Waals surface area contributed by atoms with E-state index in [1.54, 1.807) is 0 Å². The van der Waals surface area contributed by atoms with Gasteiger partial charge in [-0.25, -0.2) is 4.98 Å². The van der Waals surface area contributed by atoms with Gasteiger partial charge in [0, 0.05) is 12.6 Å². The fourth-order valence-corrected chi connectivity index (χ4v) is 1.48. The molecule has 88 valence electrons. The van der Waals surface area contributed by atoms with Crippen molar-refractivity contribution in [2.75, 3.05) is 6.54 Å². The molecule has 3 nitrogen and oxygen atoms in total. The second-order valence-electron chi connectivity index (χ2n) is 3.66. The van der Waals surface area contributed by atoms with E-state index in [-0.39, 0.29) is 0 Å². The average molecular weight is 228 g/mol. The third kappa shape index (κ3) is 3.57. The third-order valence-electron chi connectivity index (χ3n) is 2.30. The molecule has 0 radical (unpaired) electrons. The lowest BCUT2D eigenvalue weighted by Crippen LogP contribution is -2.12. The van der Waals surface area contributed by atoms with Gasteiger partial charge in [-0.2, -0.15) is 0 Å². The van der Waals surface area contributed by atoms with Crippen LogP contribution in [0.3, 0.4) is 0 Å². The summed E-state index contributed by atoms with van der Waals surface area (Å²) in [6.45, 7) is 3.78. The topological polar surface area (TPSA) is 34.1 Å². The first-order valence-corrected chi connectivity index (χ1v) is 5.78. The number of nitrogens with zero attached hydrogens (tertiary/aromatic N) is 1. The molecule has 0 aliphatic heterocycles. The Morgan fingerprint density at radius 3 is 2.65 bits per heavy atom. The van der Waals surface area contributed by atoms with Gasteiger partial charge in [-0.3, -0.25) is 0 Å². The highest BCUT2D eigenvalue weighted by Gasteiger charge is 1.99. The van der Waals surface area contributed by atoms with Crippen molar-refractivity contribution in [3.8, 4) is 11.6 Å². The van der Waals surface area contributed by atoms with Crippen LogP contribution in [0.1, 0.15) is 12.6 Å². The van der Waals surface area contributed by atoms with Gasteiger partial charge < -0.3 is 10.1 Å². The minimum Gasteiger partial charge on any atom is -0.439 e. The highest BCUT2D eigenvalue weighted by Crippen LogP contribution is 2.18. The van der Waals surface area contributed by atoms with Crippen LogP contribution in [-0.2, 0) is 6.54 Å². The number of hydrogen-bond donors (Lipinski definition) is 1. The molecule has 1 N–H and O–H groups in total. The number of aromatic nitrogens is 1. The normalized spacial score (nSPS) is 10.2. The predicted molar refractivity (Wildman–Crippen MR) is 68.1 cm³/mol. The number of nitrogens with one attached hydrogen (secondary N) is 1. The van der Waals surface area contributed by atoms with Gasteiger partial charge in [0.05, 0.1) is 5.69 Å². The van der Waals surface area contributed by atoms with Crippen LogP contribution in [0.15, 0.2) is 48.5 Å². The maximum Gasteiger partial charge on any atom is 0.219 e. The Morgan fingerprint density at radius 1 is 1.06 bits per heavy atom. The maximum atomic E-state index is 5.66. The first-order chi connectivity index (χ1) is 8.38. The summed E-state index contributed by atoms with van der Waals surface area (Å²) in [5.41, 5.74) is 0.986. The number of benzene rings is 1. The van der Waals surface area contributed by atoms with Crippen LogP contribution in [0.4, 0.5) is 0 Å². The van der Waals surface area contributed by atoms with Crippen LogP contribution < -0.4 is 10.1 Å². The number of para-hydroxylation sites is 1. The molecule has 0 aliphatic rings. The van der Waals surface area contributed by atoms with Crippen molar-refractivity contribution in [3.63, 3.8) is 0 Å². The van der Waals surface area contributed by atoms with Gasteiger partial charge in [0.15, 0.2) is 0 Å². The molecule has 17 heavy (non-hydrogen) atoms. The van der Waals surface area contributed by atoms with Crippen molar-refractivity contribution in [3.05, 3.63) is 54.2 Å². The Hall–Kier alpha value is -1.87. The van der Waals surface area contributed by atoms with Crippen molar-refractivity contribution in [1.29, 1.82) is 0 Å². The Morgan fingerprint density at radius 2 is 1.88 bits per heavy atom. The predicted octanol–water partition coefficient (Wildman–Crippen LogP) is 2.98. The van der Waals surface area contributed by atoms with Gasteiger partial charge in [0.1, 0.15) is 5.75 Å². The zero-order chi connectivity index (χ0) is 11.9. The van der Waals surface area contributed by atoms with E-state index in [4.69, 9.17) is 4.74 Å². The lowest BCUT2D eigenvalue weighted by molar-refractivity contribution is 0.459. The summed E-state index contributed by atoms with van der Waals surface area (Å²) in [4.78, 5) is 4.42. The molecule has 0 aliphatic carbocycles. The lowest BCUT2D eigenvalue weighted by Gasteiger charge is -2.06. The van der Waals surface area contributed by atoms with E-state index in [2.05, 4.69) is 17.2 Å². The van der Waals surface area contributed by atoms with Gasteiger partial charge >= 0.3 is 0 Å². The van der Waals surface area contributed by atoms with Crippen LogP contribution in [-0.4, -0.2) is 11.5 Å². The van der Waals surface area contributed by atoms with Crippen molar-refractivity contribution in [2.24, 2.45) is 0 Å². The van der Waals surface area contributed by atoms with Crippen LogP contribution >= 0.6 is 0 Å². The molecular formula is C14H16N2O. The number of pyridine rings is 1. The SMILES string of the molecule is CCNCc1cccc(Oc2ccccc2)n1. The maximum absolute atomic E-state index is 5.66. The molecule has 0 spiro atoms. The van der Waals surface area contributed by atoms with E-state index in [9.17, 15) is 0 Å². The average Bonchev–Trinajstić information content (AvgIpc) is 2.38. The van der Waals surface area contributed by atoms with Gasteiger partial charge in [-0.1, -0.05) is 31.2 Å². The monoisotopic (exact) mass is 228 g/mol. The summed E-state index contributed by atoms with van der Waals surface area (Å²) in [6, 6.07) is 15.5. The molecule has 0 bridgehead atoms. The summed E-state index contributed by atoms with van der Waals surface area (Å²) < 4.78 is 5.66. The van der Waals surface area contributed by atoms with E-state index in [1.165, 1.54) is 0 Å². The van der Waals surface area contributed by atoms with Gasteiger partial charge in [-0.05, 0) is 24.7 Å². The molecule has 0 amide bonds. The van der Waals surface area contributed by atoms with Crippen LogP contribution in [0.5, 0.6) is 11.6 Å². The molecule has 3 heteroatoms. The quantitative estimate of drug-likeness (QED) is 0.854. The Bertz CT molecular complexity index is 457. The molecule has 1 heterocycles. The van der Waals surface area contributed by atoms with E-state index < -0.39 is 0 Å². The zero-order valence-corrected chi connectivity index (χ0v) is 9.89. The Labute approximate surface area is 101 Å². The van der Waals surface area contributed by atoms with E-state index >= 15 is 0 Å². The van der Waals surface area contributed by atoms with Gasteiger partial charge in [0.2, 0.25) is 5.88 Å². The van der Waals surface area contributed by atoms with Crippen LogP contribution in [0, 0.1) is 0 Å². The molecule has 0 saturated heterocycles. The van der Waals surface area contributed by atoms with Crippen LogP contribution in [0.25, 0.3) is 0 Å². The first kappa shape index (κ1) is 11.6. The highest BCUT2D eigenvalue weighted by atomic mass is 16.5. The number of rotatable bonds is 5. The summed E-state index contributed by atoms with van der Waals surface area (Å²) in [5, 5.41) is 3.24. The third-order valence-corrected chi connectivity index (χ3v) is 2.30. The fraction of sp³-hybridized carbons (Fsp3) is 0.214. The van der Waals surface area contributed by atoms with E-state index in [1.807, 2.05) is 48.5 Å². The summed E-state index contributed by atoms with van der Waals surface area (Å²) in [5.74, 6) is 1.44. The molecule has 1 aromatic heterocycles. The molecule has 0 unspecified atom stereocenters. The van der Waals surface area contributed by atoms with Crippen LogP contribution in [0.2, 0.25) is 0 Å². The summed E-state index contributed by atoms with van der Waals surface area (Å²) >= 11 is 0. The molecule has 0 saturated carbocycles. The second-order valence-corrected chi connectivity index (χ2v) is 3.66. The molecule has 1 aromatic carbocycles. The van der Waals surface area contributed by atoms with Crippen molar-refractivity contribution in [1.82, 2.24) is 10.3 Å². The standard InChI is InChI=1S/C14H16N2O/c1-2-15-11-12-7-6-10-14(16-12)17-13-8-4-3-5-9-13/h3-10,15H,2,11H2,1H3. The molecule has 0 fully saturated rings. The highest BCUT2D eigenvalue weighted by molar-refractivity contribution is 5.27. The minimum absolute atomic E-state index is 0.631. The largest absolute Gasteiger partial charge is 0.439 e. The Balaban J connectivity index is 2.06. The summed E-state index contributed by atoms with van der Waals surface area (Å²) in [6.07, 6.45) is 0. The Kier molecular flexibility index (Phi) is 4.11. The van der Waals surface area contributed by atoms with Crippen molar-refractivity contribution < 1.29 is 4.74 Å². The molecule has 2 rings (SSSR count). The fourth-order valence-electron chi connectivity index (χ4n) is 1.48. The molecule has 2 aromatic rings. The zero-order valence-electron chi connectivity index (χ0n) is 9.89. The summed E-state index contributed by atoms with van der Waals surface area (Å²) in [7, 11) is 0. The lowest BCUT2D eigenvalue weighted by atomic mass is 10.3. The second kappa shape index (κ2) is 6.01. The molecule has 0 atom stereocenters. The van der Waals surface area contributed by atoms with Gasteiger partial charge in [-0.15, -0.1) is 0 Å². The first-order valence-electron chi connectivity index (χ1n) is 5.78. The van der Waals surface area contributed by atoms with E-state index in [0.717, 1.165) is 24.5 Å².